The number of carbonyl (C=O) groups excluding carboxylic acids is 1. The molecule has 5 rings (SSSR count). The number of H-pyrrole nitrogens is 2. The van der Waals surface area contributed by atoms with Gasteiger partial charge in [0.1, 0.15) is 19.0 Å². The van der Waals surface area contributed by atoms with Crippen molar-refractivity contribution in [3.8, 4) is 17.2 Å². The minimum absolute atomic E-state index is 0.0528. The van der Waals surface area contributed by atoms with Gasteiger partial charge >= 0.3 is 5.97 Å². The molecular formula is C26H26N4O7. The average Bonchev–Trinajstić information content (AvgIpc) is 3.40. The van der Waals surface area contributed by atoms with Crippen molar-refractivity contribution >= 4 is 16.9 Å². The lowest BCUT2D eigenvalue weighted by Crippen LogP contribution is -2.31. The van der Waals surface area contributed by atoms with E-state index in [9.17, 15) is 19.5 Å². The largest absolute Gasteiger partial charge is 0.507 e. The maximum atomic E-state index is 13.7. The third-order valence-corrected chi connectivity index (χ3v) is 6.54. The van der Waals surface area contributed by atoms with Crippen LogP contribution >= 0.6 is 0 Å². The predicted molar refractivity (Wildman–Crippen MR) is 133 cm³/mol. The molecule has 3 N–H and O–H groups in total. The number of hydrogen-bond acceptors (Lipinski definition) is 8. The van der Waals surface area contributed by atoms with Gasteiger partial charge in [-0.05, 0) is 25.1 Å². The number of nitrogens with one attached hydrogen (secondary N) is 2. The van der Waals surface area contributed by atoms with Gasteiger partial charge in [-0.1, -0.05) is 0 Å². The second-order valence-electron chi connectivity index (χ2n) is 8.84. The molecule has 0 amide bonds. The fourth-order valence-corrected chi connectivity index (χ4v) is 4.66. The molecule has 1 aliphatic heterocycles. The lowest BCUT2D eigenvalue weighted by molar-refractivity contribution is -0.140. The van der Waals surface area contributed by atoms with Crippen LogP contribution in [0.25, 0.3) is 10.9 Å². The van der Waals surface area contributed by atoms with E-state index in [1.54, 1.807) is 37.6 Å². The number of ether oxygens (including phenoxy) is 3. The van der Waals surface area contributed by atoms with Gasteiger partial charge in [-0.25, -0.2) is 4.98 Å². The van der Waals surface area contributed by atoms with Crippen molar-refractivity contribution in [2.75, 3.05) is 20.3 Å². The Bertz CT molecular complexity index is 1590. The minimum atomic E-state index is -1.06. The van der Waals surface area contributed by atoms with Crippen molar-refractivity contribution in [3.63, 3.8) is 0 Å². The number of carbonyl (C=O) groups is 1. The summed E-state index contributed by atoms with van der Waals surface area (Å²) < 4.78 is 17.6. The summed E-state index contributed by atoms with van der Waals surface area (Å²) >= 11 is 0. The molecule has 0 aliphatic carbocycles. The Morgan fingerprint density at radius 3 is 2.65 bits per heavy atom. The highest BCUT2D eigenvalue weighted by atomic mass is 16.6. The third-order valence-electron chi connectivity index (χ3n) is 6.54. The molecule has 11 heteroatoms. The predicted octanol–water partition coefficient (Wildman–Crippen LogP) is 2.14. The number of aryl methyl sites for hydroxylation is 2. The van der Waals surface area contributed by atoms with Crippen LogP contribution in [-0.2, 0) is 22.5 Å². The molecule has 0 radical (unpaired) electrons. The molecule has 1 aliphatic rings. The Kier molecular flexibility index (Phi) is 6.43. The Labute approximate surface area is 210 Å². The summed E-state index contributed by atoms with van der Waals surface area (Å²) in [5.41, 5.74) is 0.995. The highest BCUT2D eigenvalue weighted by Gasteiger charge is 2.29. The minimum Gasteiger partial charge on any atom is -0.507 e. The van der Waals surface area contributed by atoms with Gasteiger partial charge in [0.25, 0.3) is 11.1 Å². The van der Waals surface area contributed by atoms with E-state index in [1.165, 1.54) is 17.7 Å². The van der Waals surface area contributed by atoms with Gasteiger partial charge in [-0.3, -0.25) is 14.4 Å². The summed E-state index contributed by atoms with van der Waals surface area (Å²) in [5.74, 6) is -0.934. The van der Waals surface area contributed by atoms with Crippen LogP contribution < -0.4 is 20.6 Å². The number of pyridine rings is 2. The maximum absolute atomic E-state index is 13.7. The topological polar surface area (TPSA) is 149 Å². The molecule has 0 bridgehead atoms. The number of rotatable bonds is 7. The number of esters is 1. The molecular weight excluding hydrogens is 480 g/mol. The zero-order valence-corrected chi connectivity index (χ0v) is 20.4. The van der Waals surface area contributed by atoms with Crippen molar-refractivity contribution in [2.24, 2.45) is 0 Å². The number of fused-ring (bicyclic) bond motifs is 2. The van der Waals surface area contributed by atoms with Gasteiger partial charge in [0, 0.05) is 53.5 Å². The van der Waals surface area contributed by atoms with Crippen LogP contribution in [0, 0.1) is 6.92 Å². The Morgan fingerprint density at radius 2 is 1.95 bits per heavy atom. The van der Waals surface area contributed by atoms with Gasteiger partial charge in [0.2, 0.25) is 0 Å². The summed E-state index contributed by atoms with van der Waals surface area (Å²) in [7, 11) is 1.23. The van der Waals surface area contributed by atoms with E-state index < -0.39 is 23.0 Å². The first-order chi connectivity index (χ1) is 17.9. The Morgan fingerprint density at radius 1 is 1.19 bits per heavy atom. The van der Waals surface area contributed by atoms with Crippen LogP contribution in [0.1, 0.15) is 34.9 Å². The zero-order chi connectivity index (χ0) is 26.1. The highest BCUT2D eigenvalue weighted by molar-refractivity contribution is 5.83. The zero-order valence-electron chi connectivity index (χ0n) is 20.4. The van der Waals surface area contributed by atoms with E-state index in [0.717, 1.165) is 5.69 Å². The lowest BCUT2D eigenvalue weighted by Gasteiger charge is -2.21. The highest BCUT2D eigenvalue weighted by Crippen LogP contribution is 2.36. The fraction of sp³-hybridized carbons (Fsp3) is 0.308. The molecule has 0 spiro atoms. The standard InChI is InChI=1S/C26H26N4O7/c1-14-7-20(31)24(26(34)30(14)4-3-16-12-27-13-28-16)17(10-23(32)35-2)18-8-15-9-21-22(37-6-5-36-21)11-19(15)29-25(18)33/h7-9,11-13,17,31H,3-6,10H2,1-2H3,(H,27,28)(H,29,33)/t17-/m1/s1. The van der Waals surface area contributed by atoms with E-state index in [1.807, 2.05) is 0 Å². The molecule has 4 heterocycles. The first-order valence-corrected chi connectivity index (χ1v) is 11.8. The number of nitrogens with zero attached hydrogens (tertiary/aromatic N) is 2. The van der Waals surface area contributed by atoms with Crippen molar-refractivity contribution in [2.45, 2.75) is 32.2 Å². The molecule has 37 heavy (non-hydrogen) atoms. The molecule has 4 aromatic rings. The number of hydrogen-bond donors (Lipinski definition) is 3. The van der Waals surface area contributed by atoms with Crippen molar-refractivity contribution in [3.05, 3.63) is 80.0 Å². The van der Waals surface area contributed by atoms with Gasteiger partial charge in [0.15, 0.2) is 11.5 Å². The summed E-state index contributed by atoms with van der Waals surface area (Å²) in [6, 6.07) is 6.48. The monoisotopic (exact) mass is 506 g/mol. The first-order valence-electron chi connectivity index (χ1n) is 11.8. The normalized spacial score (nSPS) is 13.5. The molecule has 192 valence electrons. The van der Waals surface area contributed by atoms with E-state index >= 15 is 0 Å². The summed E-state index contributed by atoms with van der Waals surface area (Å²) in [5, 5.41) is 11.5. The van der Waals surface area contributed by atoms with Crippen LogP contribution in [0.3, 0.4) is 0 Å². The quantitative estimate of drug-likeness (QED) is 0.323. The van der Waals surface area contributed by atoms with E-state index in [4.69, 9.17) is 14.2 Å². The van der Waals surface area contributed by atoms with E-state index in [-0.39, 0.29) is 23.3 Å². The van der Waals surface area contributed by atoms with Crippen LogP contribution in [-0.4, -0.2) is 50.9 Å². The van der Waals surface area contributed by atoms with Crippen molar-refractivity contribution in [1.82, 2.24) is 19.5 Å². The van der Waals surface area contributed by atoms with E-state index in [0.29, 0.717) is 54.3 Å². The number of aromatic amines is 2. The number of aromatic hydroxyl groups is 1. The Balaban J connectivity index is 1.64. The molecule has 1 aromatic carbocycles. The van der Waals surface area contributed by atoms with E-state index in [2.05, 4.69) is 15.0 Å². The van der Waals surface area contributed by atoms with Gasteiger partial charge < -0.3 is 33.9 Å². The van der Waals surface area contributed by atoms with Gasteiger partial charge in [-0.2, -0.15) is 0 Å². The smallest absolute Gasteiger partial charge is 0.306 e. The fourth-order valence-electron chi connectivity index (χ4n) is 4.66. The number of benzene rings is 1. The van der Waals surface area contributed by atoms with Gasteiger partial charge in [-0.15, -0.1) is 0 Å². The van der Waals surface area contributed by atoms with Crippen LogP contribution in [0.5, 0.6) is 17.2 Å². The summed E-state index contributed by atoms with van der Waals surface area (Å²) in [6.07, 6.45) is 3.40. The third kappa shape index (κ3) is 4.67. The Hall–Kier alpha value is -4.54. The summed E-state index contributed by atoms with van der Waals surface area (Å²) in [4.78, 5) is 49.2. The lowest BCUT2D eigenvalue weighted by atomic mass is 9.88. The van der Waals surface area contributed by atoms with Crippen molar-refractivity contribution in [1.29, 1.82) is 0 Å². The molecule has 11 nitrogen and oxygen atoms in total. The molecule has 0 fully saturated rings. The second kappa shape index (κ2) is 9.84. The number of methoxy groups -OCH3 is 1. The first kappa shape index (κ1) is 24.2. The SMILES string of the molecule is COC(=O)C[C@H](c1cc2cc3c(cc2[nH]c1=O)OCCO3)c1c(O)cc(C)n(CCc2cnc[nH]2)c1=O. The molecule has 0 saturated heterocycles. The van der Waals surface area contributed by atoms with Crippen LogP contribution in [0.15, 0.2) is 46.4 Å². The summed E-state index contributed by atoms with van der Waals surface area (Å²) in [6.45, 7) is 2.82. The maximum Gasteiger partial charge on any atom is 0.306 e. The molecule has 0 unspecified atom stereocenters. The van der Waals surface area contributed by atoms with Gasteiger partial charge in [0.05, 0.1) is 30.9 Å². The molecule has 1 atom stereocenters. The van der Waals surface area contributed by atoms with Crippen LogP contribution in [0.4, 0.5) is 0 Å². The average molecular weight is 507 g/mol. The van der Waals surface area contributed by atoms with Crippen molar-refractivity contribution < 1.29 is 24.1 Å². The second-order valence-corrected chi connectivity index (χ2v) is 8.84. The number of aromatic nitrogens is 4. The van der Waals surface area contributed by atoms with Crippen LogP contribution in [0.2, 0.25) is 0 Å². The number of imidazole rings is 1. The molecule has 3 aromatic heterocycles. The molecule has 0 saturated carbocycles.